The molecule has 1 heterocycles. The molecule has 3 aromatic rings. The summed E-state index contributed by atoms with van der Waals surface area (Å²) in [4.78, 5) is 22.9. The maximum atomic E-state index is 13.5. The van der Waals surface area contributed by atoms with Gasteiger partial charge in [-0.3, -0.25) is 4.90 Å². The summed E-state index contributed by atoms with van der Waals surface area (Å²) in [7, 11) is 0. The van der Waals surface area contributed by atoms with Crippen LogP contribution in [0.1, 0.15) is 13.8 Å². The Morgan fingerprint density at radius 2 is 1.96 bits per heavy atom. The highest BCUT2D eigenvalue weighted by atomic mass is 35.5. The van der Waals surface area contributed by atoms with E-state index in [1.54, 1.807) is 13.0 Å². The number of carbonyl (C=O) groups is 1. The van der Waals surface area contributed by atoms with Gasteiger partial charge < -0.3 is 4.74 Å². The fraction of sp³-hybridized carbons (Fsp3) is 0.211. The minimum absolute atomic E-state index is 0.0152. The van der Waals surface area contributed by atoms with E-state index in [2.05, 4.69) is 9.97 Å². The van der Waals surface area contributed by atoms with E-state index in [-0.39, 0.29) is 11.6 Å². The fourth-order valence-electron chi connectivity index (χ4n) is 2.60. The average molecular weight is 374 g/mol. The molecule has 0 bridgehead atoms. The highest BCUT2D eigenvalue weighted by Crippen LogP contribution is 2.29. The molecule has 0 atom stereocenters. The van der Waals surface area contributed by atoms with Crippen molar-refractivity contribution in [1.29, 1.82) is 0 Å². The van der Waals surface area contributed by atoms with Crippen molar-refractivity contribution in [1.82, 2.24) is 9.97 Å². The van der Waals surface area contributed by atoms with Gasteiger partial charge in [-0.1, -0.05) is 23.7 Å². The molecule has 26 heavy (non-hydrogen) atoms. The third-order valence-electron chi connectivity index (χ3n) is 3.82. The van der Waals surface area contributed by atoms with Crippen LogP contribution in [0.5, 0.6) is 0 Å². The molecule has 7 heteroatoms. The Hall–Kier alpha value is -2.73. The number of ether oxygens (including phenoxy) is 1. The van der Waals surface area contributed by atoms with E-state index in [0.29, 0.717) is 29.3 Å². The molecule has 5 nitrogen and oxygen atoms in total. The lowest BCUT2D eigenvalue weighted by Gasteiger charge is -2.21. The maximum Gasteiger partial charge on any atom is 0.415 e. The summed E-state index contributed by atoms with van der Waals surface area (Å²) in [5, 5.41) is 0.706. The number of amides is 1. The first-order chi connectivity index (χ1) is 12.5. The molecule has 0 unspecified atom stereocenters. The van der Waals surface area contributed by atoms with Crippen LogP contribution in [-0.4, -0.2) is 29.2 Å². The standard InChI is InChI=1S/C19H17ClFN3O2/c1-3-24(19(25)26-4-2)18-13-7-5-6-8-16(13)22-17(23-18)12-9-10-15(21)14(20)11-12/h5-11H,3-4H2,1-2H3. The smallest absolute Gasteiger partial charge is 0.415 e. The predicted molar refractivity (Wildman–Crippen MR) is 100.0 cm³/mol. The molecule has 2 aromatic carbocycles. The molecule has 1 amide bonds. The lowest BCUT2D eigenvalue weighted by atomic mass is 10.1. The van der Waals surface area contributed by atoms with E-state index in [9.17, 15) is 9.18 Å². The Morgan fingerprint density at radius 3 is 2.65 bits per heavy atom. The summed E-state index contributed by atoms with van der Waals surface area (Å²) in [6.45, 7) is 4.22. The van der Waals surface area contributed by atoms with Crippen molar-refractivity contribution >= 4 is 34.4 Å². The Balaban J connectivity index is 2.20. The summed E-state index contributed by atoms with van der Waals surface area (Å²) in [6.07, 6.45) is -0.484. The van der Waals surface area contributed by atoms with E-state index in [1.807, 2.05) is 31.2 Å². The van der Waals surface area contributed by atoms with Crippen LogP contribution in [0.3, 0.4) is 0 Å². The van der Waals surface area contributed by atoms with Gasteiger partial charge in [-0.25, -0.2) is 19.2 Å². The second-order valence-electron chi connectivity index (χ2n) is 5.46. The number of benzene rings is 2. The number of carbonyl (C=O) groups excluding carboxylic acids is 1. The second kappa shape index (κ2) is 7.66. The first-order valence-electron chi connectivity index (χ1n) is 8.21. The zero-order valence-corrected chi connectivity index (χ0v) is 15.1. The number of nitrogens with zero attached hydrogens (tertiary/aromatic N) is 3. The normalized spacial score (nSPS) is 10.8. The highest BCUT2D eigenvalue weighted by molar-refractivity contribution is 6.31. The number of rotatable bonds is 4. The molecular weight excluding hydrogens is 357 g/mol. The van der Waals surface area contributed by atoms with Crippen molar-refractivity contribution in [3.8, 4) is 11.4 Å². The minimum Gasteiger partial charge on any atom is -0.449 e. The van der Waals surface area contributed by atoms with Crippen LogP contribution in [0.2, 0.25) is 5.02 Å². The summed E-state index contributed by atoms with van der Waals surface area (Å²) >= 11 is 5.89. The Morgan fingerprint density at radius 1 is 1.19 bits per heavy atom. The largest absolute Gasteiger partial charge is 0.449 e. The average Bonchev–Trinajstić information content (AvgIpc) is 2.64. The minimum atomic E-state index is -0.516. The number of hydrogen-bond acceptors (Lipinski definition) is 4. The fourth-order valence-corrected chi connectivity index (χ4v) is 2.78. The van der Waals surface area contributed by atoms with Gasteiger partial charge in [0.25, 0.3) is 0 Å². The topological polar surface area (TPSA) is 55.3 Å². The predicted octanol–water partition coefficient (Wildman–Crippen LogP) is 5.07. The molecular formula is C19H17ClFN3O2. The van der Waals surface area contributed by atoms with E-state index < -0.39 is 11.9 Å². The van der Waals surface area contributed by atoms with Crippen LogP contribution < -0.4 is 4.90 Å². The van der Waals surface area contributed by atoms with Gasteiger partial charge in [0.15, 0.2) is 5.82 Å². The van der Waals surface area contributed by atoms with Crippen LogP contribution in [0.25, 0.3) is 22.3 Å². The number of para-hydroxylation sites is 1. The van der Waals surface area contributed by atoms with Crippen LogP contribution in [0.4, 0.5) is 15.0 Å². The number of fused-ring (bicyclic) bond motifs is 1. The van der Waals surface area contributed by atoms with Gasteiger partial charge in [-0.05, 0) is 44.2 Å². The Kier molecular flexibility index (Phi) is 5.32. The van der Waals surface area contributed by atoms with Gasteiger partial charge in [-0.15, -0.1) is 0 Å². The summed E-state index contributed by atoms with van der Waals surface area (Å²) < 4.78 is 18.6. The molecule has 0 aliphatic rings. The maximum absolute atomic E-state index is 13.5. The summed E-state index contributed by atoms with van der Waals surface area (Å²) in [6, 6.07) is 11.6. The number of anilines is 1. The highest BCUT2D eigenvalue weighted by Gasteiger charge is 2.21. The van der Waals surface area contributed by atoms with Crippen molar-refractivity contribution in [2.75, 3.05) is 18.1 Å². The third kappa shape index (κ3) is 3.46. The molecule has 0 spiro atoms. The van der Waals surface area contributed by atoms with Crippen molar-refractivity contribution < 1.29 is 13.9 Å². The first-order valence-corrected chi connectivity index (χ1v) is 8.59. The van der Waals surface area contributed by atoms with E-state index in [0.717, 1.165) is 5.39 Å². The number of aromatic nitrogens is 2. The molecule has 0 radical (unpaired) electrons. The molecule has 0 saturated carbocycles. The molecule has 0 aliphatic heterocycles. The lowest BCUT2D eigenvalue weighted by molar-refractivity contribution is 0.160. The van der Waals surface area contributed by atoms with Gasteiger partial charge >= 0.3 is 6.09 Å². The molecule has 0 N–H and O–H groups in total. The molecule has 1 aromatic heterocycles. The van der Waals surface area contributed by atoms with E-state index in [4.69, 9.17) is 16.3 Å². The Labute approximate surface area is 155 Å². The molecule has 3 rings (SSSR count). The lowest BCUT2D eigenvalue weighted by Crippen LogP contribution is -2.32. The molecule has 0 saturated heterocycles. The molecule has 134 valence electrons. The number of halogens is 2. The Bertz CT molecular complexity index is 965. The quantitative estimate of drug-likeness (QED) is 0.640. The summed E-state index contributed by atoms with van der Waals surface area (Å²) in [5.74, 6) is 0.272. The van der Waals surface area contributed by atoms with Gasteiger partial charge in [0.2, 0.25) is 0 Å². The van der Waals surface area contributed by atoms with Crippen LogP contribution in [0.15, 0.2) is 42.5 Å². The van der Waals surface area contributed by atoms with Gasteiger partial charge in [0.05, 0.1) is 17.1 Å². The first kappa shape index (κ1) is 18.1. The van der Waals surface area contributed by atoms with Gasteiger partial charge in [0.1, 0.15) is 11.6 Å². The summed E-state index contributed by atoms with van der Waals surface area (Å²) in [5.41, 5.74) is 1.22. The van der Waals surface area contributed by atoms with Crippen molar-refractivity contribution in [3.05, 3.63) is 53.3 Å². The van der Waals surface area contributed by atoms with Crippen LogP contribution in [0, 0.1) is 5.82 Å². The van der Waals surface area contributed by atoms with Crippen LogP contribution in [-0.2, 0) is 4.74 Å². The molecule has 0 aliphatic carbocycles. The van der Waals surface area contributed by atoms with Gasteiger partial charge in [-0.2, -0.15) is 0 Å². The second-order valence-corrected chi connectivity index (χ2v) is 5.87. The van der Waals surface area contributed by atoms with Gasteiger partial charge in [0, 0.05) is 17.5 Å². The SMILES string of the molecule is CCOC(=O)N(CC)c1nc(-c2ccc(F)c(Cl)c2)nc2ccccc12. The van der Waals surface area contributed by atoms with Crippen molar-refractivity contribution in [3.63, 3.8) is 0 Å². The van der Waals surface area contributed by atoms with Crippen molar-refractivity contribution in [2.45, 2.75) is 13.8 Å². The van der Waals surface area contributed by atoms with E-state index in [1.165, 1.54) is 17.0 Å². The third-order valence-corrected chi connectivity index (χ3v) is 4.11. The monoisotopic (exact) mass is 373 g/mol. The van der Waals surface area contributed by atoms with Crippen LogP contribution >= 0.6 is 11.6 Å². The zero-order chi connectivity index (χ0) is 18.7. The zero-order valence-electron chi connectivity index (χ0n) is 14.4. The van der Waals surface area contributed by atoms with Crippen molar-refractivity contribution in [2.24, 2.45) is 0 Å². The number of hydrogen-bond donors (Lipinski definition) is 0. The molecule has 0 fully saturated rings. The van der Waals surface area contributed by atoms with E-state index >= 15 is 0 Å².